The van der Waals surface area contributed by atoms with Crippen LogP contribution in [0.1, 0.15) is 10.4 Å². The van der Waals surface area contributed by atoms with Crippen LogP contribution in [0.25, 0.3) is 22.5 Å². The number of benzene rings is 3. The van der Waals surface area contributed by atoms with Crippen molar-refractivity contribution in [2.24, 2.45) is 0 Å². The van der Waals surface area contributed by atoms with Crippen LogP contribution >= 0.6 is 0 Å². The van der Waals surface area contributed by atoms with Crippen LogP contribution in [0.4, 0.5) is 0 Å². The molecule has 0 aliphatic heterocycles. The van der Waals surface area contributed by atoms with Gasteiger partial charge in [0.05, 0.1) is 14.2 Å². The predicted molar refractivity (Wildman–Crippen MR) is 124 cm³/mol. The fraction of sp³-hybridized carbons (Fsp3) is 0.120. The third-order valence-corrected chi connectivity index (χ3v) is 5.19. The summed E-state index contributed by atoms with van der Waals surface area (Å²) in [7, 11) is 3.12. The van der Waals surface area contributed by atoms with E-state index >= 15 is 0 Å². The highest BCUT2D eigenvalue weighted by Crippen LogP contribution is 2.30. The minimum absolute atomic E-state index is 0.120. The summed E-state index contributed by atoms with van der Waals surface area (Å²) in [5.41, 5.74) is 1.48. The van der Waals surface area contributed by atoms with E-state index in [9.17, 15) is 19.8 Å². The zero-order valence-electron chi connectivity index (χ0n) is 18.4. The number of phenols is 2. The summed E-state index contributed by atoms with van der Waals surface area (Å²) in [6.45, 7) is -0.401. The first kappa shape index (κ1) is 22.5. The standard InChI is InChI=1S/C25H21N3O6/c1-33-18-8-3-15(4-9-18)23-24(16-5-10-19(34-2)11-6-16)27-28(25(32)26-23)14-22(31)17-7-12-20(29)21(30)13-17/h3-13,29-30H,14H2,1-2H3. The van der Waals surface area contributed by atoms with Crippen LogP contribution in [0.15, 0.2) is 71.5 Å². The SMILES string of the molecule is COc1ccc(-c2nc(=O)n(CC(=O)c3ccc(O)c(O)c3)nc2-c2ccc(OC)cc2)cc1. The fourth-order valence-electron chi connectivity index (χ4n) is 3.34. The molecule has 0 bridgehead atoms. The third-order valence-electron chi connectivity index (χ3n) is 5.19. The molecule has 0 radical (unpaired) electrons. The van der Waals surface area contributed by atoms with Crippen molar-refractivity contribution in [3.8, 4) is 45.5 Å². The number of rotatable bonds is 7. The van der Waals surface area contributed by atoms with Crippen molar-refractivity contribution in [1.29, 1.82) is 0 Å². The lowest BCUT2D eigenvalue weighted by Gasteiger charge is -2.12. The number of carbonyl (C=O) groups excluding carboxylic acids is 1. The lowest BCUT2D eigenvalue weighted by molar-refractivity contribution is 0.0964. The molecule has 34 heavy (non-hydrogen) atoms. The van der Waals surface area contributed by atoms with Gasteiger partial charge in [-0.2, -0.15) is 10.1 Å². The molecule has 4 rings (SSSR count). The van der Waals surface area contributed by atoms with Gasteiger partial charge in [-0.3, -0.25) is 4.79 Å². The lowest BCUT2D eigenvalue weighted by Crippen LogP contribution is -2.30. The number of aromatic nitrogens is 3. The molecule has 172 valence electrons. The van der Waals surface area contributed by atoms with Crippen molar-refractivity contribution >= 4 is 5.78 Å². The Hall–Kier alpha value is -4.66. The third kappa shape index (κ3) is 4.58. The van der Waals surface area contributed by atoms with Gasteiger partial charge >= 0.3 is 5.69 Å². The average Bonchev–Trinajstić information content (AvgIpc) is 2.86. The van der Waals surface area contributed by atoms with E-state index in [1.807, 2.05) is 0 Å². The first-order chi connectivity index (χ1) is 16.4. The number of carbonyl (C=O) groups is 1. The Morgan fingerprint density at radius 1 is 0.824 bits per heavy atom. The Kier molecular flexibility index (Phi) is 6.26. The van der Waals surface area contributed by atoms with E-state index in [-0.39, 0.29) is 11.3 Å². The maximum Gasteiger partial charge on any atom is 0.365 e. The quantitative estimate of drug-likeness (QED) is 0.319. The highest BCUT2D eigenvalue weighted by atomic mass is 16.5. The largest absolute Gasteiger partial charge is 0.504 e. The van der Waals surface area contributed by atoms with Gasteiger partial charge in [-0.15, -0.1) is 0 Å². The van der Waals surface area contributed by atoms with Crippen molar-refractivity contribution in [3.63, 3.8) is 0 Å². The monoisotopic (exact) mass is 459 g/mol. The Morgan fingerprint density at radius 3 is 1.91 bits per heavy atom. The van der Waals surface area contributed by atoms with Crippen LogP contribution in [0.2, 0.25) is 0 Å². The van der Waals surface area contributed by atoms with Gasteiger partial charge in [0.25, 0.3) is 0 Å². The summed E-state index contributed by atoms with van der Waals surface area (Å²) in [6.07, 6.45) is 0. The number of ether oxygens (including phenoxy) is 2. The molecule has 2 N–H and O–H groups in total. The number of nitrogens with zero attached hydrogens (tertiary/aromatic N) is 3. The molecule has 0 aliphatic rings. The lowest BCUT2D eigenvalue weighted by atomic mass is 10.0. The maximum atomic E-state index is 12.8. The number of aromatic hydroxyl groups is 2. The van der Waals surface area contributed by atoms with Crippen LogP contribution < -0.4 is 15.2 Å². The predicted octanol–water partition coefficient (Wildman–Crippen LogP) is 3.28. The number of methoxy groups -OCH3 is 2. The molecule has 1 heterocycles. The van der Waals surface area contributed by atoms with Crippen molar-refractivity contribution in [2.45, 2.75) is 6.54 Å². The molecule has 4 aromatic rings. The molecule has 0 aliphatic carbocycles. The summed E-state index contributed by atoms with van der Waals surface area (Å²) in [5, 5.41) is 23.6. The molecular formula is C25H21N3O6. The second kappa shape index (κ2) is 9.45. The zero-order valence-corrected chi connectivity index (χ0v) is 18.4. The van der Waals surface area contributed by atoms with Crippen molar-refractivity contribution < 1.29 is 24.5 Å². The molecule has 0 amide bonds. The van der Waals surface area contributed by atoms with Crippen LogP contribution in [0, 0.1) is 0 Å². The van der Waals surface area contributed by atoms with Gasteiger partial charge in [0, 0.05) is 16.7 Å². The van der Waals surface area contributed by atoms with Crippen LogP contribution in [-0.2, 0) is 6.54 Å². The molecule has 3 aromatic carbocycles. The van der Waals surface area contributed by atoms with Gasteiger partial charge < -0.3 is 19.7 Å². The van der Waals surface area contributed by atoms with E-state index in [1.165, 1.54) is 12.1 Å². The molecule has 0 fully saturated rings. The Labute approximate surface area is 194 Å². The second-order valence-electron chi connectivity index (χ2n) is 7.33. The van der Waals surface area contributed by atoms with Crippen molar-refractivity contribution in [2.75, 3.05) is 14.2 Å². The number of hydrogen-bond acceptors (Lipinski definition) is 8. The highest BCUT2D eigenvalue weighted by Gasteiger charge is 2.18. The smallest absolute Gasteiger partial charge is 0.365 e. The van der Waals surface area contributed by atoms with Gasteiger partial charge in [0.2, 0.25) is 0 Å². The highest BCUT2D eigenvalue weighted by molar-refractivity contribution is 5.96. The van der Waals surface area contributed by atoms with Gasteiger partial charge in [0.15, 0.2) is 17.3 Å². The van der Waals surface area contributed by atoms with Crippen LogP contribution in [0.3, 0.4) is 0 Å². The Morgan fingerprint density at radius 2 is 1.38 bits per heavy atom. The fourth-order valence-corrected chi connectivity index (χ4v) is 3.34. The first-order valence-corrected chi connectivity index (χ1v) is 10.2. The van der Waals surface area contributed by atoms with Gasteiger partial charge in [-0.05, 0) is 66.7 Å². The molecule has 0 saturated carbocycles. The molecule has 9 nitrogen and oxygen atoms in total. The minimum Gasteiger partial charge on any atom is -0.504 e. The normalized spacial score (nSPS) is 10.6. The van der Waals surface area contributed by atoms with E-state index in [4.69, 9.17) is 9.47 Å². The van der Waals surface area contributed by atoms with E-state index in [0.29, 0.717) is 34.0 Å². The van der Waals surface area contributed by atoms with Crippen molar-refractivity contribution in [3.05, 3.63) is 82.8 Å². The second-order valence-corrected chi connectivity index (χ2v) is 7.33. The molecule has 0 spiro atoms. The summed E-state index contributed by atoms with van der Waals surface area (Å²) < 4.78 is 11.4. The molecule has 1 aromatic heterocycles. The number of Topliss-reactive ketones (excluding diaryl/α,β-unsaturated/α-hetero) is 1. The summed E-state index contributed by atoms with van der Waals surface area (Å²) in [5.74, 6) is 0.0407. The minimum atomic E-state index is -0.709. The molecule has 9 heteroatoms. The molecular weight excluding hydrogens is 438 g/mol. The van der Waals surface area contributed by atoms with Crippen molar-refractivity contribution in [1.82, 2.24) is 14.8 Å². The van der Waals surface area contributed by atoms with E-state index < -0.39 is 23.8 Å². The Bertz CT molecular complexity index is 1400. The number of hydrogen-bond donors (Lipinski definition) is 2. The van der Waals surface area contributed by atoms with E-state index in [0.717, 1.165) is 10.7 Å². The number of ketones is 1. The van der Waals surface area contributed by atoms with Gasteiger partial charge in [-0.25, -0.2) is 9.48 Å². The first-order valence-electron chi connectivity index (χ1n) is 10.2. The Balaban J connectivity index is 1.79. The van der Waals surface area contributed by atoms with E-state index in [1.54, 1.807) is 62.8 Å². The summed E-state index contributed by atoms with van der Waals surface area (Å²) >= 11 is 0. The summed E-state index contributed by atoms with van der Waals surface area (Å²) in [4.78, 5) is 29.8. The number of phenolic OH excluding ortho intramolecular Hbond substituents is 2. The van der Waals surface area contributed by atoms with Gasteiger partial charge in [-0.1, -0.05) is 0 Å². The molecule has 0 saturated heterocycles. The van der Waals surface area contributed by atoms with Gasteiger partial charge in [0.1, 0.15) is 29.4 Å². The zero-order chi connectivity index (χ0) is 24.2. The average molecular weight is 459 g/mol. The molecule has 0 atom stereocenters. The maximum absolute atomic E-state index is 12.8. The van der Waals surface area contributed by atoms with E-state index in [2.05, 4.69) is 10.1 Å². The molecule has 0 unspecified atom stereocenters. The van der Waals surface area contributed by atoms with Crippen LogP contribution in [-0.4, -0.2) is 45.0 Å². The summed E-state index contributed by atoms with van der Waals surface area (Å²) in [6, 6.07) is 17.8. The van der Waals surface area contributed by atoms with Crippen LogP contribution in [0.5, 0.6) is 23.0 Å². The topological polar surface area (TPSA) is 124 Å².